The molecule has 0 fully saturated rings. The summed E-state index contributed by atoms with van der Waals surface area (Å²) in [6, 6.07) is 8.43. The third-order valence-electron chi connectivity index (χ3n) is 3.08. The highest BCUT2D eigenvalue weighted by atomic mass is 16.3. The number of likely N-dealkylation sites (N-methyl/N-ethyl adjacent to an activating group) is 1. The average molecular weight is 244 g/mol. The maximum atomic E-state index is 5.43. The van der Waals surface area contributed by atoms with Crippen LogP contribution in [0.5, 0.6) is 0 Å². The summed E-state index contributed by atoms with van der Waals surface area (Å²) >= 11 is 0. The van der Waals surface area contributed by atoms with Gasteiger partial charge in [-0.15, -0.1) is 0 Å². The molecule has 2 aromatic heterocycles. The molecule has 0 aliphatic rings. The van der Waals surface area contributed by atoms with Crippen molar-refractivity contribution in [2.45, 2.75) is 33.2 Å². The zero-order chi connectivity index (χ0) is 13.0. The van der Waals surface area contributed by atoms with Crippen LogP contribution >= 0.6 is 0 Å². The first-order chi connectivity index (χ1) is 8.70. The van der Waals surface area contributed by atoms with Gasteiger partial charge in [-0.3, -0.25) is 4.98 Å². The van der Waals surface area contributed by atoms with Gasteiger partial charge in [0.2, 0.25) is 0 Å². The van der Waals surface area contributed by atoms with E-state index in [9.17, 15) is 0 Å². The van der Waals surface area contributed by atoms with Crippen LogP contribution in [0.4, 0.5) is 0 Å². The largest absolute Gasteiger partial charge is 0.469 e. The van der Waals surface area contributed by atoms with Crippen molar-refractivity contribution in [3.05, 3.63) is 53.2 Å². The van der Waals surface area contributed by atoms with Crippen molar-refractivity contribution in [2.24, 2.45) is 0 Å². The summed E-state index contributed by atoms with van der Waals surface area (Å²) < 4.78 is 5.43. The maximum absolute atomic E-state index is 5.43. The van der Waals surface area contributed by atoms with Crippen molar-refractivity contribution < 1.29 is 4.42 Å². The van der Waals surface area contributed by atoms with Crippen LogP contribution in [-0.2, 0) is 6.42 Å². The molecule has 0 saturated heterocycles. The highest BCUT2D eigenvalue weighted by molar-refractivity contribution is 5.26. The molecular formula is C15H20N2O. The lowest BCUT2D eigenvalue weighted by atomic mass is 10.0. The molecule has 2 heterocycles. The van der Waals surface area contributed by atoms with E-state index < -0.39 is 0 Å². The van der Waals surface area contributed by atoms with E-state index in [1.165, 1.54) is 5.56 Å². The summed E-state index contributed by atoms with van der Waals surface area (Å²) in [6.45, 7) is 7.13. The number of nitrogens with zero attached hydrogens (tertiary/aromatic N) is 1. The van der Waals surface area contributed by atoms with Crippen LogP contribution in [0.3, 0.4) is 0 Å². The summed E-state index contributed by atoms with van der Waals surface area (Å²) in [7, 11) is 0. The molecule has 2 rings (SSSR count). The molecule has 3 heteroatoms. The summed E-state index contributed by atoms with van der Waals surface area (Å²) in [5.41, 5.74) is 3.40. The fourth-order valence-electron chi connectivity index (χ4n) is 2.23. The Bertz CT molecular complexity index is 491. The number of rotatable bonds is 5. The fourth-order valence-corrected chi connectivity index (χ4v) is 2.23. The predicted molar refractivity (Wildman–Crippen MR) is 72.5 cm³/mol. The van der Waals surface area contributed by atoms with E-state index in [4.69, 9.17) is 4.42 Å². The van der Waals surface area contributed by atoms with Crippen LogP contribution in [0, 0.1) is 13.8 Å². The van der Waals surface area contributed by atoms with E-state index in [1.807, 2.05) is 19.1 Å². The molecule has 1 atom stereocenters. The molecular weight excluding hydrogens is 224 g/mol. The van der Waals surface area contributed by atoms with Crippen molar-refractivity contribution in [1.29, 1.82) is 0 Å². The van der Waals surface area contributed by atoms with Crippen molar-refractivity contribution in [1.82, 2.24) is 10.3 Å². The number of aryl methyl sites for hydroxylation is 2. The summed E-state index contributed by atoms with van der Waals surface area (Å²) in [4.78, 5) is 4.54. The third kappa shape index (κ3) is 2.99. The first kappa shape index (κ1) is 12.8. The third-order valence-corrected chi connectivity index (χ3v) is 3.08. The Morgan fingerprint density at radius 2 is 2.11 bits per heavy atom. The van der Waals surface area contributed by atoms with Gasteiger partial charge in [0, 0.05) is 23.9 Å². The van der Waals surface area contributed by atoms with Gasteiger partial charge < -0.3 is 9.73 Å². The van der Waals surface area contributed by atoms with Gasteiger partial charge >= 0.3 is 0 Å². The molecule has 0 amide bonds. The van der Waals surface area contributed by atoms with Crippen molar-refractivity contribution in [3.63, 3.8) is 0 Å². The van der Waals surface area contributed by atoms with Gasteiger partial charge in [-0.25, -0.2) is 0 Å². The van der Waals surface area contributed by atoms with Gasteiger partial charge in [0.25, 0.3) is 0 Å². The molecule has 0 saturated carbocycles. The second kappa shape index (κ2) is 5.83. The first-order valence-electron chi connectivity index (χ1n) is 6.40. The standard InChI is InChI=1S/C15H20N2O/c1-4-16-15(10-13-6-5-9-18-13)14-8-7-11(2)17-12(14)3/h5-9,15-16H,4,10H2,1-3H3. The topological polar surface area (TPSA) is 38.1 Å². The lowest BCUT2D eigenvalue weighted by molar-refractivity contribution is 0.453. The summed E-state index contributed by atoms with van der Waals surface area (Å²) in [6.07, 6.45) is 2.57. The smallest absolute Gasteiger partial charge is 0.105 e. The summed E-state index contributed by atoms with van der Waals surface area (Å²) in [5, 5.41) is 3.50. The van der Waals surface area contributed by atoms with Crippen molar-refractivity contribution >= 4 is 0 Å². The van der Waals surface area contributed by atoms with Crippen LogP contribution in [0.1, 0.15) is 35.7 Å². The van der Waals surface area contributed by atoms with Gasteiger partial charge in [-0.2, -0.15) is 0 Å². The first-order valence-corrected chi connectivity index (χ1v) is 6.40. The van der Waals surface area contributed by atoms with Crippen LogP contribution in [-0.4, -0.2) is 11.5 Å². The lowest BCUT2D eigenvalue weighted by Gasteiger charge is -2.19. The highest BCUT2D eigenvalue weighted by Crippen LogP contribution is 2.21. The Morgan fingerprint density at radius 1 is 1.28 bits per heavy atom. The van der Waals surface area contributed by atoms with Gasteiger partial charge in [0.1, 0.15) is 5.76 Å². The minimum atomic E-state index is 0.259. The number of furan rings is 1. The van der Waals surface area contributed by atoms with E-state index in [-0.39, 0.29) is 6.04 Å². The minimum absolute atomic E-state index is 0.259. The maximum Gasteiger partial charge on any atom is 0.105 e. The molecule has 0 bridgehead atoms. The van der Waals surface area contributed by atoms with E-state index >= 15 is 0 Å². The van der Waals surface area contributed by atoms with Gasteiger partial charge in [-0.05, 0) is 44.2 Å². The van der Waals surface area contributed by atoms with Crippen LogP contribution in [0.25, 0.3) is 0 Å². The minimum Gasteiger partial charge on any atom is -0.469 e. The zero-order valence-electron chi connectivity index (χ0n) is 11.2. The van der Waals surface area contributed by atoms with Crippen LogP contribution in [0.2, 0.25) is 0 Å². The molecule has 0 aromatic carbocycles. The Morgan fingerprint density at radius 3 is 2.72 bits per heavy atom. The van der Waals surface area contributed by atoms with Gasteiger partial charge in [0.15, 0.2) is 0 Å². The molecule has 1 N–H and O–H groups in total. The normalized spacial score (nSPS) is 12.6. The Balaban J connectivity index is 2.23. The monoisotopic (exact) mass is 244 g/mol. The fraction of sp³-hybridized carbons (Fsp3) is 0.400. The van der Waals surface area contributed by atoms with E-state index in [1.54, 1.807) is 6.26 Å². The molecule has 0 radical (unpaired) electrons. The average Bonchev–Trinajstić information content (AvgIpc) is 2.81. The second-order valence-corrected chi connectivity index (χ2v) is 4.52. The predicted octanol–water partition coefficient (Wildman–Crippen LogP) is 3.18. The van der Waals surface area contributed by atoms with E-state index in [0.717, 1.165) is 30.1 Å². The molecule has 0 spiro atoms. The molecule has 0 aliphatic carbocycles. The lowest BCUT2D eigenvalue weighted by Crippen LogP contribution is -2.24. The molecule has 3 nitrogen and oxygen atoms in total. The van der Waals surface area contributed by atoms with Crippen molar-refractivity contribution in [2.75, 3.05) is 6.54 Å². The van der Waals surface area contributed by atoms with Crippen LogP contribution in [0.15, 0.2) is 34.9 Å². The number of hydrogen-bond donors (Lipinski definition) is 1. The van der Waals surface area contributed by atoms with Gasteiger partial charge in [0.05, 0.1) is 6.26 Å². The number of hydrogen-bond acceptors (Lipinski definition) is 3. The molecule has 2 aromatic rings. The van der Waals surface area contributed by atoms with Gasteiger partial charge in [-0.1, -0.05) is 13.0 Å². The Hall–Kier alpha value is -1.61. The summed E-state index contributed by atoms with van der Waals surface area (Å²) in [5.74, 6) is 1.00. The SMILES string of the molecule is CCNC(Cc1ccco1)c1ccc(C)nc1C. The Kier molecular flexibility index (Phi) is 4.15. The van der Waals surface area contributed by atoms with E-state index in [2.05, 4.69) is 36.3 Å². The van der Waals surface area contributed by atoms with Crippen LogP contribution < -0.4 is 5.32 Å². The quantitative estimate of drug-likeness (QED) is 0.877. The molecule has 0 aliphatic heterocycles. The Labute approximate surface area is 108 Å². The number of aromatic nitrogens is 1. The molecule has 1 unspecified atom stereocenters. The highest BCUT2D eigenvalue weighted by Gasteiger charge is 2.15. The zero-order valence-corrected chi connectivity index (χ0v) is 11.2. The van der Waals surface area contributed by atoms with E-state index in [0.29, 0.717) is 0 Å². The molecule has 18 heavy (non-hydrogen) atoms. The second-order valence-electron chi connectivity index (χ2n) is 4.52. The molecule has 96 valence electrons. The number of pyridine rings is 1. The number of nitrogens with one attached hydrogen (secondary N) is 1. The van der Waals surface area contributed by atoms with Crippen molar-refractivity contribution in [3.8, 4) is 0 Å².